The zero-order valence-electron chi connectivity index (χ0n) is 12.9. The fourth-order valence-electron chi connectivity index (χ4n) is 3.25. The molecule has 0 amide bonds. The molecule has 1 atom stereocenters. The van der Waals surface area contributed by atoms with E-state index in [2.05, 4.69) is 4.90 Å². The maximum absolute atomic E-state index is 10.7. The van der Waals surface area contributed by atoms with E-state index in [1.165, 1.54) is 0 Å². The second-order valence-corrected chi connectivity index (χ2v) is 6.62. The van der Waals surface area contributed by atoms with Gasteiger partial charge in [-0.2, -0.15) is 0 Å². The number of β-amino-alcohol motifs (C(OH)–C–C–N with tert-alkyl or cyclic N) is 2. The highest BCUT2D eigenvalue weighted by Crippen LogP contribution is 2.27. The fraction of sp³-hybridized carbons (Fsp3) is 0.647. The Morgan fingerprint density at radius 3 is 2.50 bits per heavy atom. The van der Waals surface area contributed by atoms with Gasteiger partial charge in [0, 0.05) is 45.7 Å². The second-order valence-electron chi connectivity index (χ2n) is 6.62. The van der Waals surface area contributed by atoms with Crippen molar-refractivity contribution in [2.24, 2.45) is 0 Å². The summed E-state index contributed by atoms with van der Waals surface area (Å²) in [5.41, 5.74) is -1.51. The van der Waals surface area contributed by atoms with Gasteiger partial charge in [-0.3, -0.25) is 4.90 Å². The molecule has 2 heterocycles. The van der Waals surface area contributed by atoms with Crippen LogP contribution in [-0.2, 0) is 4.74 Å². The van der Waals surface area contributed by atoms with Crippen LogP contribution in [0.1, 0.15) is 19.3 Å². The van der Waals surface area contributed by atoms with Gasteiger partial charge < -0.3 is 19.7 Å². The van der Waals surface area contributed by atoms with Crippen molar-refractivity contribution in [3.8, 4) is 5.75 Å². The number of hydrogen-bond acceptors (Lipinski definition) is 5. The average Bonchev–Trinajstić information content (AvgIpc) is 2.88. The van der Waals surface area contributed by atoms with E-state index in [1.807, 2.05) is 30.3 Å². The lowest BCUT2D eigenvalue weighted by molar-refractivity contribution is -0.0809. The van der Waals surface area contributed by atoms with Crippen molar-refractivity contribution in [1.29, 1.82) is 0 Å². The molecular weight excluding hydrogens is 282 g/mol. The lowest BCUT2D eigenvalue weighted by atomic mass is 9.94. The van der Waals surface area contributed by atoms with Crippen LogP contribution in [0.15, 0.2) is 30.3 Å². The third kappa shape index (κ3) is 3.98. The van der Waals surface area contributed by atoms with E-state index < -0.39 is 11.2 Å². The topological polar surface area (TPSA) is 62.2 Å². The quantitative estimate of drug-likeness (QED) is 0.851. The van der Waals surface area contributed by atoms with Crippen LogP contribution in [0.3, 0.4) is 0 Å². The Morgan fingerprint density at radius 1 is 1.05 bits per heavy atom. The third-order valence-corrected chi connectivity index (χ3v) is 4.60. The summed E-state index contributed by atoms with van der Waals surface area (Å²) in [5.74, 6) is 0.775. The zero-order chi connectivity index (χ0) is 15.5. The van der Waals surface area contributed by atoms with Crippen LogP contribution in [0.5, 0.6) is 5.75 Å². The molecule has 0 aliphatic carbocycles. The first kappa shape index (κ1) is 15.7. The Kier molecular flexibility index (Phi) is 4.68. The van der Waals surface area contributed by atoms with Gasteiger partial charge in [-0.25, -0.2) is 0 Å². The van der Waals surface area contributed by atoms with Crippen LogP contribution in [-0.4, -0.2) is 65.8 Å². The van der Waals surface area contributed by atoms with Crippen molar-refractivity contribution in [2.75, 3.05) is 39.5 Å². The van der Waals surface area contributed by atoms with E-state index in [0.717, 1.165) is 12.3 Å². The molecule has 2 aliphatic heterocycles. The van der Waals surface area contributed by atoms with E-state index in [9.17, 15) is 10.2 Å². The van der Waals surface area contributed by atoms with Gasteiger partial charge in [0.1, 0.15) is 18.0 Å². The van der Waals surface area contributed by atoms with E-state index in [4.69, 9.17) is 9.47 Å². The maximum atomic E-state index is 10.7. The molecule has 5 heteroatoms. The van der Waals surface area contributed by atoms with Crippen molar-refractivity contribution in [2.45, 2.75) is 30.5 Å². The third-order valence-electron chi connectivity index (χ3n) is 4.60. The van der Waals surface area contributed by atoms with Gasteiger partial charge in [-0.15, -0.1) is 0 Å². The Labute approximate surface area is 131 Å². The molecule has 122 valence electrons. The lowest BCUT2D eigenvalue weighted by Crippen LogP contribution is -2.48. The molecule has 1 aromatic rings. The fourth-order valence-corrected chi connectivity index (χ4v) is 3.25. The second kappa shape index (κ2) is 6.54. The summed E-state index contributed by atoms with van der Waals surface area (Å²) >= 11 is 0. The summed E-state index contributed by atoms with van der Waals surface area (Å²) in [7, 11) is 0. The molecule has 22 heavy (non-hydrogen) atoms. The van der Waals surface area contributed by atoms with E-state index >= 15 is 0 Å². The number of ether oxygens (including phenoxy) is 2. The number of aliphatic hydroxyl groups is 2. The molecule has 2 aliphatic rings. The summed E-state index contributed by atoms with van der Waals surface area (Å²) in [6.45, 7) is 3.46. The normalized spacial score (nSPS) is 28.6. The van der Waals surface area contributed by atoms with Crippen molar-refractivity contribution >= 4 is 0 Å². The summed E-state index contributed by atoms with van der Waals surface area (Å²) in [4.78, 5) is 2.14. The molecule has 1 unspecified atom stereocenters. The van der Waals surface area contributed by atoms with Gasteiger partial charge in [0.25, 0.3) is 0 Å². The number of nitrogens with zero attached hydrogens (tertiary/aromatic N) is 1. The van der Waals surface area contributed by atoms with Crippen molar-refractivity contribution in [3.63, 3.8) is 0 Å². The Hall–Kier alpha value is -1.14. The van der Waals surface area contributed by atoms with E-state index in [0.29, 0.717) is 45.6 Å². The van der Waals surface area contributed by atoms with Gasteiger partial charge in [-0.1, -0.05) is 18.2 Å². The largest absolute Gasteiger partial charge is 0.491 e. The van der Waals surface area contributed by atoms with Crippen molar-refractivity contribution in [1.82, 2.24) is 4.90 Å². The average molecular weight is 307 g/mol. The number of likely N-dealkylation sites (tertiary alicyclic amines) is 1. The molecule has 0 bridgehead atoms. The molecule has 0 aromatic heterocycles. The number of para-hydroxylation sites is 1. The number of rotatable bonds is 5. The van der Waals surface area contributed by atoms with Crippen molar-refractivity contribution < 1.29 is 19.7 Å². The highest BCUT2D eigenvalue weighted by Gasteiger charge is 2.40. The molecule has 2 fully saturated rings. The van der Waals surface area contributed by atoms with Gasteiger partial charge in [0.05, 0.1) is 5.60 Å². The van der Waals surface area contributed by atoms with Gasteiger partial charge >= 0.3 is 0 Å². The Morgan fingerprint density at radius 2 is 1.77 bits per heavy atom. The summed E-state index contributed by atoms with van der Waals surface area (Å²) in [6.07, 6.45) is 2.01. The minimum atomic E-state index is -0.836. The van der Waals surface area contributed by atoms with Crippen molar-refractivity contribution in [3.05, 3.63) is 30.3 Å². The standard InChI is InChI=1S/C17H25NO4/c19-16(7-10-21-11-8-16)12-18-9-6-17(20,13-18)14-22-15-4-2-1-3-5-15/h1-5,19-20H,6-14H2. The number of hydrogen-bond donors (Lipinski definition) is 2. The minimum absolute atomic E-state index is 0.287. The molecular formula is C17H25NO4. The van der Waals surface area contributed by atoms with Crippen LogP contribution >= 0.6 is 0 Å². The zero-order valence-corrected chi connectivity index (χ0v) is 12.9. The molecule has 0 radical (unpaired) electrons. The van der Waals surface area contributed by atoms with E-state index in [-0.39, 0.29) is 6.61 Å². The molecule has 3 rings (SSSR count). The summed E-state index contributed by atoms with van der Waals surface area (Å²) < 4.78 is 11.0. The van der Waals surface area contributed by atoms with Gasteiger partial charge in [0.15, 0.2) is 0 Å². The lowest BCUT2D eigenvalue weighted by Gasteiger charge is -2.35. The SMILES string of the molecule is OC1(CN2CCC(O)(COc3ccccc3)C2)CCOCC1. The molecule has 2 N–H and O–H groups in total. The van der Waals surface area contributed by atoms with Crippen LogP contribution in [0.25, 0.3) is 0 Å². The summed E-state index contributed by atoms with van der Waals surface area (Å²) in [6, 6.07) is 9.55. The maximum Gasteiger partial charge on any atom is 0.119 e. The predicted octanol–water partition coefficient (Wildman–Crippen LogP) is 1.04. The summed E-state index contributed by atoms with van der Waals surface area (Å²) in [5, 5.41) is 21.2. The first-order chi connectivity index (χ1) is 10.6. The Balaban J connectivity index is 1.50. The van der Waals surface area contributed by atoms with E-state index in [1.54, 1.807) is 0 Å². The first-order valence-electron chi connectivity index (χ1n) is 8.00. The smallest absolute Gasteiger partial charge is 0.119 e. The molecule has 2 saturated heterocycles. The van der Waals surface area contributed by atoms with Crippen LogP contribution in [0, 0.1) is 0 Å². The van der Waals surface area contributed by atoms with Gasteiger partial charge in [-0.05, 0) is 18.6 Å². The molecule has 5 nitrogen and oxygen atoms in total. The monoisotopic (exact) mass is 307 g/mol. The number of benzene rings is 1. The molecule has 0 spiro atoms. The van der Waals surface area contributed by atoms with Crippen LogP contribution in [0.4, 0.5) is 0 Å². The Bertz CT molecular complexity index is 475. The molecule has 1 aromatic carbocycles. The first-order valence-corrected chi connectivity index (χ1v) is 8.00. The van der Waals surface area contributed by atoms with Crippen LogP contribution in [0.2, 0.25) is 0 Å². The highest BCUT2D eigenvalue weighted by atomic mass is 16.5. The predicted molar refractivity (Wildman–Crippen MR) is 82.9 cm³/mol. The minimum Gasteiger partial charge on any atom is -0.491 e. The van der Waals surface area contributed by atoms with Crippen LogP contribution < -0.4 is 4.74 Å². The highest BCUT2D eigenvalue weighted by molar-refractivity contribution is 5.21. The van der Waals surface area contributed by atoms with Gasteiger partial charge in [0.2, 0.25) is 0 Å². The molecule has 0 saturated carbocycles.